The quantitative estimate of drug-likeness (QED) is 0.167. The number of aromatic nitrogens is 2. The number of carbonyl (C=O) groups is 2. The van der Waals surface area contributed by atoms with E-state index in [9.17, 15) is 9.59 Å². The Balaban J connectivity index is 1.17. The Morgan fingerprint density at radius 1 is 0.510 bits per heavy atom. The molecule has 0 aliphatic carbocycles. The number of para-hydroxylation sites is 2. The van der Waals surface area contributed by atoms with Crippen molar-refractivity contribution in [1.82, 2.24) is 19.8 Å². The van der Waals surface area contributed by atoms with Crippen molar-refractivity contribution in [3.63, 3.8) is 0 Å². The molecule has 3 heterocycles. The van der Waals surface area contributed by atoms with Gasteiger partial charge >= 0.3 is 0 Å². The van der Waals surface area contributed by atoms with Gasteiger partial charge in [0.25, 0.3) is 11.8 Å². The van der Waals surface area contributed by atoms with Crippen molar-refractivity contribution in [3.05, 3.63) is 108 Å². The molecule has 258 valence electrons. The first-order valence-corrected chi connectivity index (χ1v) is 16.7. The van der Waals surface area contributed by atoms with Crippen molar-refractivity contribution < 1.29 is 28.5 Å². The maximum absolute atomic E-state index is 14.3. The normalized spacial score (nSPS) is 13.2. The summed E-state index contributed by atoms with van der Waals surface area (Å²) < 4.78 is 21.9. The van der Waals surface area contributed by atoms with E-state index in [0.29, 0.717) is 78.1 Å². The Morgan fingerprint density at radius 3 is 1.33 bits per heavy atom. The molecule has 10 heteroatoms. The van der Waals surface area contributed by atoms with Crippen molar-refractivity contribution in [2.75, 3.05) is 54.6 Å². The van der Waals surface area contributed by atoms with E-state index in [2.05, 4.69) is 0 Å². The molecular formula is C41H38N4O6. The molecule has 6 aromatic rings. The van der Waals surface area contributed by atoms with E-state index in [1.807, 2.05) is 107 Å². The summed E-state index contributed by atoms with van der Waals surface area (Å²) in [5, 5.41) is 1.55. The molecule has 4 aromatic carbocycles. The van der Waals surface area contributed by atoms with E-state index in [-0.39, 0.29) is 11.8 Å². The zero-order valence-corrected chi connectivity index (χ0v) is 29.0. The second-order valence-electron chi connectivity index (χ2n) is 12.2. The van der Waals surface area contributed by atoms with Crippen LogP contribution in [-0.4, -0.2) is 86.2 Å². The molecule has 0 unspecified atom stereocenters. The van der Waals surface area contributed by atoms with Crippen molar-refractivity contribution in [2.45, 2.75) is 6.42 Å². The van der Waals surface area contributed by atoms with Crippen LogP contribution in [0.1, 0.15) is 27.1 Å². The van der Waals surface area contributed by atoms with Crippen LogP contribution in [0.5, 0.6) is 23.0 Å². The maximum atomic E-state index is 14.3. The first-order valence-electron chi connectivity index (χ1n) is 16.7. The van der Waals surface area contributed by atoms with Gasteiger partial charge in [0, 0.05) is 48.1 Å². The topological polar surface area (TPSA) is 103 Å². The third-order valence-electron chi connectivity index (χ3n) is 9.32. The highest BCUT2D eigenvalue weighted by Crippen LogP contribution is 2.35. The maximum Gasteiger partial charge on any atom is 0.254 e. The molecule has 0 radical (unpaired) electrons. The number of benzene rings is 4. The molecule has 1 saturated heterocycles. The number of ether oxygens (including phenoxy) is 4. The third-order valence-corrected chi connectivity index (χ3v) is 9.32. The highest BCUT2D eigenvalue weighted by Gasteiger charge is 2.27. The van der Waals surface area contributed by atoms with E-state index >= 15 is 0 Å². The van der Waals surface area contributed by atoms with Gasteiger partial charge < -0.3 is 28.7 Å². The van der Waals surface area contributed by atoms with Gasteiger partial charge in [-0.1, -0.05) is 36.4 Å². The Bertz CT molecular complexity index is 2110. The molecule has 1 fully saturated rings. The number of pyridine rings is 2. The number of hydrogen-bond acceptors (Lipinski definition) is 8. The molecule has 0 atom stereocenters. The molecular weight excluding hydrogens is 644 g/mol. The fraction of sp³-hybridized carbons (Fsp3) is 0.220. The van der Waals surface area contributed by atoms with Crippen LogP contribution >= 0.6 is 0 Å². The molecule has 1 aliphatic rings. The molecule has 0 bridgehead atoms. The summed E-state index contributed by atoms with van der Waals surface area (Å²) in [5.74, 6) is 2.17. The number of hydrogen-bond donors (Lipinski definition) is 0. The minimum Gasteiger partial charge on any atom is -0.493 e. The number of methoxy groups -OCH3 is 4. The molecule has 0 spiro atoms. The van der Waals surface area contributed by atoms with Crippen LogP contribution in [0.15, 0.2) is 97.1 Å². The molecule has 2 aromatic heterocycles. The van der Waals surface area contributed by atoms with Crippen molar-refractivity contribution in [1.29, 1.82) is 0 Å². The molecule has 7 rings (SSSR count). The van der Waals surface area contributed by atoms with Crippen molar-refractivity contribution in [2.24, 2.45) is 0 Å². The van der Waals surface area contributed by atoms with E-state index in [1.165, 1.54) is 0 Å². The summed E-state index contributed by atoms with van der Waals surface area (Å²) >= 11 is 0. The lowest BCUT2D eigenvalue weighted by Gasteiger charge is -2.23. The third kappa shape index (κ3) is 6.48. The number of nitrogens with zero attached hydrogens (tertiary/aromatic N) is 4. The zero-order valence-electron chi connectivity index (χ0n) is 29.0. The Morgan fingerprint density at radius 2 is 0.922 bits per heavy atom. The summed E-state index contributed by atoms with van der Waals surface area (Å²) in [7, 11) is 6.36. The summed E-state index contributed by atoms with van der Waals surface area (Å²) in [6.45, 7) is 1.80. The summed E-state index contributed by atoms with van der Waals surface area (Å²) in [6.07, 6.45) is 0.634. The molecule has 1 aliphatic heterocycles. The molecule has 2 amide bonds. The lowest BCUT2D eigenvalue weighted by Crippen LogP contribution is -2.37. The van der Waals surface area contributed by atoms with Crippen LogP contribution in [0.4, 0.5) is 0 Å². The second-order valence-corrected chi connectivity index (χ2v) is 12.2. The van der Waals surface area contributed by atoms with Gasteiger partial charge in [-0.3, -0.25) is 9.59 Å². The number of rotatable bonds is 8. The number of carbonyl (C=O) groups excluding carboxylic acids is 2. The van der Waals surface area contributed by atoms with Crippen LogP contribution in [0.25, 0.3) is 44.3 Å². The van der Waals surface area contributed by atoms with E-state index in [1.54, 1.807) is 28.4 Å². The smallest absolute Gasteiger partial charge is 0.254 e. The standard InChI is InChI=1S/C41H38N4O6/c1-48-36-16-14-26(22-38(36)50-3)34-24-30(28-10-5-7-12-32(28)42-34)40(46)44-18-9-19-45(21-20-44)41(47)31-25-35(43-33-13-8-6-11-29(31)33)27-15-17-37(49-2)39(23-27)51-4/h5-8,10-17,22-25H,9,18-21H2,1-4H3. The van der Waals surface area contributed by atoms with Gasteiger partial charge in [-0.2, -0.15) is 0 Å². The van der Waals surface area contributed by atoms with Crippen LogP contribution in [0, 0.1) is 0 Å². The SMILES string of the molecule is COc1ccc(-c2cc(C(=O)N3CCCN(C(=O)c4cc(-c5ccc(OC)c(OC)c5)nc5ccccc45)CC3)c3ccccc3n2)cc1OC. The molecule has 51 heavy (non-hydrogen) atoms. The van der Waals surface area contributed by atoms with Crippen LogP contribution < -0.4 is 18.9 Å². The number of fused-ring (bicyclic) bond motifs is 2. The summed E-state index contributed by atoms with van der Waals surface area (Å²) in [4.78, 5) is 42.1. The van der Waals surface area contributed by atoms with Crippen LogP contribution in [0.3, 0.4) is 0 Å². The first kappa shape index (κ1) is 33.3. The average Bonchev–Trinajstić information content (AvgIpc) is 3.45. The minimum absolute atomic E-state index is 0.102. The van der Waals surface area contributed by atoms with Gasteiger partial charge in [-0.25, -0.2) is 9.97 Å². The monoisotopic (exact) mass is 682 g/mol. The second kappa shape index (κ2) is 14.4. The van der Waals surface area contributed by atoms with Crippen molar-refractivity contribution >= 4 is 33.6 Å². The van der Waals surface area contributed by atoms with Gasteiger partial charge in [0.15, 0.2) is 23.0 Å². The Hall–Kier alpha value is -6.16. The predicted octanol–water partition coefficient (Wildman–Crippen LogP) is 7.14. The van der Waals surface area contributed by atoms with Gasteiger partial charge in [-0.15, -0.1) is 0 Å². The van der Waals surface area contributed by atoms with Crippen molar-refractivity contribution in [3.8, 4) is 45.5 Å². The van der Waals surface area contributed by atoms with Gasteiger partial charge in [0.05, 0.1) is 62.0 Å². The average molecular weight is 683 g/mol. The fourth-order valence-corrected chi connectivity index (χ4v) is 6.66. The van der Waals surface area contributed by atoms with E-state index in [4.69, 9.17) is 28.9 Å². The van der Waals surface area contributed by atoms with Gasteiger partial charge in [-0.05, 0) is 67.1 Å². The van der Waals surface area contributed by atoms with Gasteiger partial charge in [0.2, 0.25) is 0 Å². The van der Waals surface area contributed by atoms with Gasteiger partial charge in [0.1, 0.15) is 0 Å². The lowest BCUT2D eigenvalue weighted by atomic mass is 10.0. The zero-order chi connectivity index (χ0) is 35.5. The van der Waals surface area contributed by atoms with Crippen LogP contribution in [0.2, 0.25) is 0 Å². The minimum atomic E-state index is -0.102. The van der Waals surface area contributed by atoms with E-state index < -0.39 is 0 Å². The van der Waals surface area contributed by atoms with Crippen LogP contribution in [-0.2, 0) is 0 Å². The predicted molar refractivity (Wildman–Crippen MR) is 197 cm³/mol. The molecule has 0 N–H and O–H groups in total. The van der Waals surface area contributed by atoms with E-state index in [0.717, 1.165) is 32.9 Å². The fourth-order valence-electron chi connectivity index (χ4n) is 6.66. The Labute approximate surface area is 296 Å². The summed E-state index contributed by atoms with van der Waals surface area (Å²) in [5.41, 5.74) is 5.46. The summed E-state index contributed by atoms with van der Waals surface area (Å²) in [6, 6.07) is 30.2. The largest absolute Gasteiger partial charge is 0.493 e. The Kier molecular flexibility index (Phi) is 9.39. The molecule has 10 nitrogen and oxygen atoms in total. The molecule has 0 saturated carbocycles. The lowest BCUT2D eigenvalue weighted by molar-refractivity contribution is 0.0720. The number of amides is 2. The highest BCUT2D eigenvalue weighted by molar-refractivity contribution is 6.08. The first-order chi connectivity index (χ1) is 24.9. The highest BCUT2D eigenvalue weighted by atomic mass is 16.5.